The third kappa shape index (κ3) is 12.4. The molecule has 0 bridgehead atoms. The van der Waals surface area contributed by atoms with E-state index in [1.165, 1.54) is 28.3 Å². The molecule has 2 N–H and O–H groups in total. The molecule has 0 fully saturated rings. The van der Waals surface area contributed by atoms with Crippen molar-refractivity contribution < 1.29 is 10.2 Å². The highest BCUT2D eigenvalue weighted by molar-refractivity contribution is 5.64. The molecule has 2 heteroatoms. The van der Waals surface area contributed by atoms with Crippen molar-refractivity contribution in [3.05, 3.63) is 144 Å². The van der Waals surface area contributed by atoms with Crippen molar-refractivity contribution in [2.75, 3.05) is 0 Å². The van der Waals surface area contributed by atoms with Gasteiger partial charge in [0.25, 0.3) is 0 Å². The summed E-state index contributed by atoms with van der Waals surface area (Å²) in [5.41, 5.74) is 7.60. The van der Waals surface area contributed by atoms with Gasteiger partial charge in [0.2, 0.25) is 0 Å². The molecule has 0 saturated heterocycles. The quantitative estimate of drug-likeness (QED) is 0.232. The van der Waals surface area contributed by atoms with Gasteiger partial charge in [-0.25, -0.2) is 0 Å². The van der Waals surface area contributed by atoms with Crippen molar-refractivity contribution in [2.45, 2.75) is 74.1 Å². The average molecular weight is 539 g/mol. The first kappa shape index (κ1) is 34.2. The molecule has 0 spiro atoms. The summed E-state index contributed by atoms with van der Waals surface area (Å²) in [7, 11) is 0. The summed E-state index contributed by atoms with van der Waals surface area (Å²) in [5, 5.41) is 18.0. The van der Waals surface area contributed by atoms with Crippen LogP contribution in [0, 0.1) is 5.41 Å². The Morgan fingerprint density at radius 2 is 1.12 bits per heavy atom. The summed E-state index contributed by atoms with van der Waals surface area (Å²) in [5.74, 6) is 0.183. The van der Waals surface area contributed by atoms with E-state index >= 15 is 0 Å². The van der Waals surface area contributed by atoms with Crippen LogP contribution in [0.1, 0.15) is 79.9 Å². The zero-order chi connectivity index (χ0) is 30.3. The Kier molecular flexibility index (Phi) is 14.0. The molecule has 1 unspecified atom stereocenters. The first-order valence-electron chi connectivity index (χ1n) is 14.0. The van der Waals surface area contributed by atoms with E-state index in [-0.39, 0.29) is 16.9 Å². The summed E-state index contributed by atoms with van der Waals surface area (Å²) >= 11 is 0. The van der Waals surface area contributed by atoms with Crippen LogP contribution in [0.25, 0.3) is 11.1 Å². The molecule has 0 amide bonds. The molecular formula is C38H50O2. The smallest absolute Gasteiger partial charge is 0.109 e. The van der Waals surface area contributed by atoms with Crippen LogP contribution in [0.3, 0.4) is 0 Å². The topological polar surface area (TPSA) is 40.5 Å². The summed E-state index contributed by atoms with van der Waals surface area (Å²) < 4.78 is 0. The third-order valence-corrected chi connectivity index (χ3v) is 6.32. The fraction of sp³-hybridized carbons (Fsp3) is 0.316. The largest absolute Gasteiger partial charge is 0.513 e. The van der Waals surface area contributed by atoms with Crippen LogP contribution in [-0.4, -0.2) is 10.2 Å². The second-order valence-electron chi connectivity index (χ2n) is 11.8. The number of rotatable bonds is 7. The highest BCUT2D eigenvalue weighted by Gasteiger charge is 2.26. The molecule has 0 heterocycles. The minimum Gasteiger partial charge on any atom is -0.513 e. The maximum absolute atomic E-state index is 9.06. The second kappa shape index (κ2) is 16.4. The molecule has 1 atom stereocenters. The Bertz CT molecular complexity index is 1240. The second-order valence-corrected chi connectivity index (χ2v) is 11.8. The van der Waals surface area contributed by atoms with E-state index in [1.807, 2.05) is 19.9 Å². The van der Waals surface area contributed by atoms with Gasteiger partial charge in [-0.2, -0.15) is 0 Å². The molecular weight excluding hydrogens is 488 g/mol. The van der Waals surface area contributed by atoms with Gasteiger partial charge in [-0.05, 0) is 78.2 Å². The van der Waals surface area contributed by atoms with Crippen molar-refractivity contribution in [1.29, 1.82) is 0 Å². The van der Waals surface area contributed by atoms with E-state index in [0.717, 1.165) is 17.6 Å². The van der Waals surface area contributed by atoms with Crippen molar-refractivity contribution in [3.8, 4) is 11.1 Å². The third-order valence-electron chi connectivity index (χ3n) is 6.32. The monoisotopic (exact) mass is 538 g/mol. The number of hydrogen-bond acceptors (Lipinski definition) is 2. The Labute approximate surface area is 244 Å². The van der Waals surface area contributed by atoms with Gasteiger partial charge in [0.05, 0.1) is 5.76 Å². The van der Waals surface area contributed by atoms with E-state index in [0.29, 0.717) is 5.41 Å². The lowest BCUT2D eigenvalue weighted by Crippen LogP contribution is -2.22. The normalized spacial score (nSPS) is 13.7. The predicted molar refractivity (Wildman–Crippen MR) is 176 cm³/mol. The van der Waals surface area contributed by atoms with Gasteiger partial charge in [0, 0.05) is 5.41 Å². The van der Waals surface area contributed by atoms with Crippen LogP contribution in [0.2, 0.25) is 0 Å². The van der Waals surface area contributed by atoms with Crippen LogP contribution in [-0.2, 0) is 5.41 Å². The van der Waals surface area contributed by atoms with Crippen molar-refractivity contribution in [3.63, 3.8) is 0 Å². The molecule has 3 rings (SSSR count). The number of allylic oxidation sites excluding steroid dienone is 6. The highest BCUT2D eigenvalue weighted by Crippen LogP contribution is 2.36. The van der Waals surface area contributed by atoms with Crippen molar-refractivity contribution >= 4 is 0 Å². The van der Waals surface area contributed by atoms with E-state index < -0.39 is 0 Å². The minimum atomic E-state index is -0.0197. The number of aliphatic hydroxyl groups excluding tert-OH is 2. The Balaban J connectivity index is 0.000000378. The fourth-order valence-electron chi connectivity index (χ4n) is 3.88. The molecule has 214 valence electrons. The summed E-state index contributed by atoms with van der Waals surface area (Å²) in [6, 6.07) is 30.4. The maximum atomic E-state index is 9.06. The molecule has 0 aromatic heterocycles. The van der Waals surface area contributed by atoms with E-state index in [4.69, 9.17) is 10.2 Å². The Morgan fingerprint density at radius 3 is 1.52 bits per heavy atom. The van der Waals surface area contributed by atoms with Crippen molar-refractivity contribution in [1.82, 2.24) is 0 Å². The molecule has 0 aliphatic carbocycles. The molecule has 3 aromatic carbocycles. The molecule has 0 radical (unpaired) electrons. The standard InChI is InChI=1S/C22H22.C11H16O2.C5H12/c1-3-22(2,20-12-8-5-9-13-20)21-16-14-19(15-17-21)18-10-6-4-7-11-18;1-5-8(2)11(6-9(3)12)7-10(4)13;1-5(2,3)4/h4-17H,3H2,1-2H3;5-7,12-13H,3H2,1-2,4H3;1-4H3/b;8-5-,10-7+,11-6-;. The van der Waals surface area contributed by atoms with Gasteiger partial charge in [0.15, 0.2) is 0 Å². The Hall–Kier alpha value is -3.78. The molecule has 0 aliphatic rings. The SMILES string of the molecule is C=C(O)/C=C(/C=C(\C)O)C(\C)=C/C.CC(C)(C)C.CCC(C)(c1ccccc1)c1ccc(-c2ccccc2)cc1. The lowest BCUT2D eigenvalue weighted by Gasteiger charge is -2.30. The van der Waals surface area contributed by atoms with Gasteiger partial charge in [0.1, 0.15) is 5.76 Å². The lowest BCUT2D eigenvalue weighted by atomic mass is 9.74. The molecule has 3 aromatic rings. The average Bonchev–Trinajstić information content (AvgIpc) is 2.92. The van der Waals surface area contributed by atoms with Crippen molar-refractivity contribution in [2.24, 2.45) is 5.41 Å². The first-order chi connectivity index (χ1) is 18.7. The minimum absolute atomic E-state index is 0.0197. The van der Waals surface area contributed by atoms with E-state index in [9.17, 15) is 0 Å². The van der Waals surface area contributed by atoms with Gasteiger partial charge < -0.3 is 10.2 Å². The van der Waals surface area contributed by atoms with Gasteiger partial charge >= 0.3 is 0 Å². The first-order valence-corrected chi connectivity index (χ1v) is 14.0. The maximum Gasteiger partial charge on any atom is 0.109 e. The molecule has 40 heavy (non-hydrogen) atoms. The number of hydrogen-bond donors (Lipinski definition) is 2. The zero-order valence-electron chi connectivity index (χ0n) is 26.1. The molecule has 0 aliphatic heterocycles. The van der Waals surface area contributed by atoms with E-state index in [2.05, 4.69) is 133 Å². The van der Waals surface area contributed by atoms with Crippen LogP contribution in [0.5, 0.6) is 0 Å². The van der Waals surface area contributed by atoms with Crippen LogP contribution >= 0.6 is 0 Å². The zero-order valence-corrected chi connectivity index (χ0v) is 26.1. The van der Waals surface area contributed by atoms with E-state index in [1.54, 1.807) is 13.0 Å². The van der Waals surface area contributed by atoms with Crippen LogP contribution < -0.4 is 0 Å². The van der Waals surface area contributed by atoms with Crippen LogP contribution in [0.15, 0.2) is 132 Å². The Morgan fingerprint density at radius 1 is 0.700 bits per heavy atom. The number of benzene rings is 3. The van der Waals surface area contributed by atoms with Gasteiger partial charge in [-0.1, -0.05) is 139 Å². The summed E-state index contributed by atoms with van der Waals surface area (Å²) in [6.45, 7) is 22.1. The van der Waals surface area contributed by atoms with Crippen LogP contribution in [0.4, 0.5) is 0 Å². The highest BCUT2D eigenvalue weighted by atomic mass is 16.3. The molecule has 2 nitrogen and oxygen atoms in total. The summed E-state index contributed by atoms with van der Waals surface area (Å²) in [4.78, 5) is 0. The van der Waals surface area contributed by atoms with Gasteiger partial charge in [-0.3, -0.25) is 0 Å². The lowest BCUT2D eigenvalue weighted by molar-refractivity contribution is 0.413. The summed E-state index contributed by atoms with van der Waals surface area (Å²) in [6.07, 6.45) is 6.07. The fourth-order valence-corrected chi connectivity index (χ4v) is 3.88. The van der Waals surface area contributed by atoms with Gasteiger partial charge in [-0.15, -0.1) is 0 Å². The molecule has 0 saturated carbocycles. The number of aliphatic hydroxyl groups is 2. The predicted octanol–water partition coefficient (Wildman–Crippen LogP) is 11.5.